The van der Waals surface area contributed by atoms with Crippen LogP contribution in [0.25, 0.3) is 0 Å². The van der Waals surface area contributed by atoms with Crippen LogP contribution in [0.3, 0.4) is 0 Å². The summed E-state index contributed by atoms with van der Waals surface area (Å²) in [7, 11) is 1.95. The van der Waals surface area contributed by atoms with Crippen molar-refractivity contribution in [3.63, 3.8) is 0 Å². The van der Waals surface area contributed by atoms with Crippen LogP contribution in [0.1, 0.15) is 17.0 Å². The molecule has 1 N–H and O–H groups in total. The molecule has 0 aliphatic rings. The summed E-state index contributed by atoms with van der Waals surface area (Å²) in [5.41, 5.74) is 1.96. The Morgan fingerprint density at radius 1 is 1.29 bits per heavy atom. The van der Waals surface area contributed by atoms with Crippen LogP contribution in [0.2, 0.25) is 5.15 Å². The van der Waals surface area contributed by atoms with Gasteiger partial charge in [-0.2, -0.15) is 0 Å². The predicted octanol–water partition coefficient (Wildman–Crippen LogP) is 2.09. The fourth-order valence-electron chi connectivity index (χ4n) is 1.47. The van der Waals surface area contributed by atoms with Crippen LogP contribution >= 0.6 is 11.6 Å². The van der Waals surface area contributed by atoms with E-state index in [0.717, 1.165) is 22.8 Å². The number of nitrogens with one attached hydrogen (secondary N) is 1. The van der Waals surface area contributed by atoms with E-state index < -0.39 is 0 Å². The Morgan fingerprint density at radius 2 is 2.06 bits per heavy atom. The summed E-state index contributed by atoms with van der Waals surface area (Å²) in [5, 5.41) is 11.6. The molecule has 17 heavy (non-hydrogen) atoms. The zero-order valence-electron chi connectivity index (χ0n) is 10.0. The van der Waals surface area contributed by atoms with Gasteiger partial charge in [-0.05, 0) is 25.0 Å². The van der Waals surface area contributed by atoms with Gasteiger partial charge in [0.2, 0.25) is 0 Å². The van der Waals surface area contributed by atoms with E-state index in [1.807, 2.05) is 31.7 Å². The van der Waals surface area contributed by atoms with Crippen molar-refractivity contribution in [2.24, 2.45) is 7.05 Å². The number of aromatic nitrogens is 4. The second-order valence-corrected chi connectivity index (χ2v) is 4.26. The lowest BCUT2D eigenvalue weighted by atomic mass is 10.2. The van der Waals surface area contributed by atoms with Crippen LogP contribution in [0.4, 0.5) is 5.82 Å². The number of aryl methyl sites for hydroxylation is 1. The number of hydrogen-bond acceptors (Lipinski definition) is 4. The van der Waals surface area contributed by atoms with Gasteiger partial charge >= 0.3 is 0 Å². The smallest absolute Gasteiger partial charge is 0.155 e. The highest BCUT2D eigenvalue weighted by Crippen LogP contribution is 2.20. The van der Waals surface area contributed by atoms with Crippen molar-refractivity contribution < 1.29 is 0 Å². The van der Waals surface area contributed by atoms with E-state index in [4.69, 9.17) is 11.6 Å². The predicted molar refractivity (Wildman–Crippen MR) is 67.1 cm³/mol. The van der Waals surface area contributed by atoms with Crippen LogP contribution in [0, 0.1) is 13.8 Å². The first-order chi connectivity index (χ1) is 8.09. The maximum absolute atomic E-state index is 5.89. The molecule has 0 unspecified atom stereocenters. The molecule has 0 spiro atoms. The summed E-state index contributed by atoms with van der Waals surface area (Å²) in [4.78, 5) is 4.23. The van der Waals surface area contributed by atoms with Crippen molar-refractivity contribution in [1.82, 2.24) is 19.7 Å². The highest BCUT2D eigenvalue weighted by molar-refractivity contribution is 6.30. The average Bonchev–Trinajstić information content (AvgIpc) is 2.71. The van der Waals surface area contributed by atoms with E-state index in [9.17, 15) is 0 Å². The van der Waals surface area contributed by atoms with Gasteiger partial charge in [-0.1, -0.05) is 11.6 Å². The molecule has 0 saturated carbocycles. The zero-order valence-corrected chi connectivity index (χ0v) is 10.8. The molecule has 5 nitrogen and oxygen atoms in total. The van der Waals surface area contributed by atoms with Gasteiger partial charge in [-0.25, -0.2) is 4.98 Å². The first-order valence-electron chi connectivity index (χ1n) is 5.29. The van der Waals surface area contributed by atoms with Crippen molar-refractivity contribution in [1.29, 1.82) is 0 Å². The van der Waals surface area contributed by atoms with Gasteiger partial charge in [0, 0.05) is 19.4 Å². The van der Waals surface area contributed by atoms with Crippen LogP contribution in [0.5, 0.6) is 0 Å². The van der Waals surface area contributed by atoms with E-state index in [1.54, 1.807) is 6.20 Å². The molecular weight excluding hydrogens is 238 g/mol. The normalized spacial score (nSPS) is 10.6. The van der Waals surface area contributed by atoms with Gasteiger partial charge < -0.3 is 9.88 Å². The molecule has 2 aromatic rings. The Kier molecular flexibility index (Phi) is 3.28. The maximum atomic E-state index is 5.89. The summed E-state index contributed by atoms with van der Waals surface area (Å²) in [5.74, 6) is 1.69. The third-order valence-electron chi connectivity index (χ3n) is 2.80. The summed E-state index contributed by atoms with van der Waals surface area (Å²) in [6.07, 6.45) is 3.67. The van der Waals surface area contributed by atoms with E-state index in [0.29, 0.717) is 11.7 Å². The Hall–Kier alpha value is -1.62. The molecule has 0 saturated heterocycles. The molecule has 6 heteroatoms. The minimum absolute atomic E-state index is 0.449. The van der Waals surface area contributed by atoms with Crippen LogP contribution in [-0.2, 0) is 13.6 Å². The minimum atomic E-state index is 0.449. The fraction of sp³-hybridized carbons (Fsp3) is 0.364. The average molecular weight is 252 g/mol. The molecule has 2 heterocycles. The van der Waals surface area contributed by atoms with Gasteiger partial charge in [0.25, 0.3) is 0 Å². The fourth-order valence-corrected chi connectivity index (χ4v) is 1.65. The first kappa shape index (κ1) is 11.9. The van der Waals surface area contributed by atoms with Crippen molar-refractivity contribution in [3.05, 3.63) is 34.5 Å². The minimum Gasteiger partial charge on any atom is -0.361 e. The molecule has 0 aliphatic heterocycles. The molecular formula is C11H14ClN5. The lowest BCUT2D eigenvalue weighted by molar-refractivity contribution is 0.807. The second kappa shape index (κ2) is 4.71. The third kappa shape index (κ3) is 2.39. The van der Waals surface area contributed by atoms with E-state index in [2.05, 4.69) is 20.5 Å². The van der Waals surface area contributed by atoms with E-state index in [1.165, 1.54) is 0 Å². The molecule has 0 fully saturated rings. The third-order valence-corrected chi connectivity index (χ3v) is 3.16. The van der Waals surface area contributed by atoms with Crippen LogP contribution in [-0.4, -0.2) is 19.7 Å². The summed E-state index contributed by atoms with van der Waals surface area (Å²) >= 11 is 5.89. The largest absolute Gasteiger partial charge is 0.361 e. The Labute approximate surface area is 105 Å². The molecule has 0 atom stereocenters. The van der Waals surface area contributed by atoms with Gasteiger partial charge in [-0.3, -0.25) is 0 Å². The molecule has 0 aromatic carbocycles. The van der Waals surface area contributed by atoms with Gasteiger partial charge in [0.1, 0.15) is 5.82 Å². The highest BCUT2D eigenvalue weighted by atomic mass is 35.5. The Balaban J connectivity index is 2.15. The molecule has 0 aliphatic carbocycles. The lowest BCUT2D eigenvalue weighted by Gasteiger charge is -2.10. The Morgan fingerprint density at radius 3 is 2.71 bits per heavy atom. The number of hydrogen-bond donors (Lipinski definition) is 1. The summed E-state index contributed by atoms with van der Waals surface area (Å²) in [6.45, 7) is 4.51. The van der Waals surface area contributed by atoms with Gasteiger partial charge in [0.15, 0.2) is 11.0 Å². The monoisotopic (exact) mass is 251 g/mol. The molecule has 0 bridgehead atoms. The first-order valence-corrected chi connectivity index (χ1v) is 5.67. The van der Waals surface area contributed by atoms with Crippen LogP contribution in [0.15, 0.2) is 12.4 Å². The topological polar surface area (TPSA) is 55.6 Å². The van der Waals surface area contributed by atoms with Crippen molar-refractivity contribution in [2.45, 2.75) is 20.4 Å². The molecule has 2 rings (SSSR count). The zero-order chi connectivity index (χ0) is 12.4. The summed E-state index contributed by atoms with van der Waals surface area (Å²) in [6, 6.07) is 0. The van der Waals surface area contributed by atoms with Crippen molar-refractivity contribution in [3.8, 4) is 0 Å². The lowest BCUT2D eigenvalue weighted by Crippen LogP contribution is -2.09. The van der Waals surface area contributed by atoms with Gasteiger partial charge in [0.05, 0.1) is 6.54 Å². The SMILES string of the molecule is Cc1c(Cl)nnc(NCc2nccn2C)c1C. The number of rotatable bonds is 3. The maximum Gasteiger partial charge on any atom is 0.155 e. The standard InChI is InChI=1S/C11H14ClN5/c1-7-8(2)11(16-15-10(7)12)14-6-9-13-4-5-17(9)3/h4-5H,6H2,1-3H3,(H,14,16). The number of halogens is 1. The molecule has 2 aromatic heterocycles. The number of anilines is 1. The summed E-state index contributed by atoms with van der Waals surface area (Å²) < 4.78 is 1.96. The van der Waals surface area contributed by atoms with Crippen molar-refractivity contribution >= 4 is 17.4 Å². The van der Waals surface area contributed by atoms with E-state index in [-0.39, 0.29) is 0 Å². The van der Waals surface area contributed by atoms with Crippen LogP contribution < -0.4 is 5.32 Å². The molecule has 90 valence electrons. The highest BCUT2D eigenvalue weighted by Gasteiger charge is 2.08. The molecule has 0 amide bonds. The van der Waals surface area contributed by atoms with Crippen molar-refractivity contribution in [2.75, 3.05) is 5.32 Å². The molecule has 0 radical (unpaired) electrons. The van der Waals surface area contributed by atoms with E-state index >= 15 is 0 Å². The second-order valence-electron chi connectivity index (χ2n) is 3.90. The Bertz CT molecular complexity index is 535. The number of imidazole rings is 1. The quantitative estimate of drug-likeness (QED) is 0.908. The number of nitrogens with zero attached hydrogens (tertiary/aromatic N) is 4. The van der Waals surface area contributed by atoms with Gasteiger partial charge in [-0.15, -0.1) is 10.2 Å².